The van der Waals surface area contributed by atoms with Crippen LogP contribution >= 0.6 is 0 Å². The molecule has 2 rings (SSSR count). The van der Waals surface area contributed by atoms with Gasteiger partial charge in [-0.3, -0.25) is 0 Å². The van der Waals surface area contributed by atoms with Gasteiger partial charge in [-0.05, 0) is 18.4 Å². The van der Waals surface area contributed by atoms with Crippen molar-refractivity contribution >= 4 is 0 Å². The zero-order valence-corrected chi connectivity index (χ0v) is 11.9. The van der Waals surface area contributed by atoms with Gasteiger partial charge in [0.25, 0.3) is 0 Å². The van der Waals surface area contributed by atoms with Crippen LogP contribution in [0.25, 0.3) is 0 Å². The quantitative estimate of drug-likeness (QED) is 0.709. The van der Waals surface area contributed by atoms with Gasteiger partial charge in [0, 0.05) is 7.11 Å². The number of methoxy groups -OCH3 is 1. The summed E-state index contributed by atoms with van der Waals surface area (Å²) in [7, 11) is 1.76. The van der Waals surface area contributed by atoms with Gasteiger partial charge in [0.05, 0.1) is 17.8 Å². The molecule has 1 aliphatic rings. The highest BCUT2D eigenvalue weighted by molar-refractivity contribution is 5.14. The van der Waals surface area contributed by atoms with Crippen molar-refractivity contribution in [3.8, 4) is 0 Å². The minimum atomic E-state index is 0.0295. The molecule has 0 N–H and O–H groups in total. The third kappa shape index (κ3) is 3.60. The Balaban J connectivity index is 1.96. The van der Waals surface area contributed by atoms with Crippen LogP contribution in [0.4, 0.5) is 0 Å². The third-order valence-corrected chi connectivity index (χ3v) is 4.08. The van der Waals surface area contributed by atoms with E-state index in [1.54, 1.807) is 7.11 Å². The van der Waals surface area contributed by atoms with Crippen LogP contribution in [0.1, 0.15) is 37.7 Å². The molecule has 0 heterocycles. The highest BCUT2D eigenvalue weighted by Gasteiger charge is 2.36. The molecule has 1 saturated carbocycles. The summed E-state index contributed by atoms with van der Waals surface area (Å²) in [6.07, 6.45) is 6.08. The van der Waals surface area contributed by atoms with Gasteiger partial charge in [-0.25, -0.2) is 0 Å². The van der Waals surface area contributed by atoms with Crippen LogP contribution in [-0.4, -0.2) is 13.7 Å². The molecule has 1 aromatic rings. The summed E-state index contributed by atoms with van der Waals surface area (Å²) >= 11 is 0. The first-order chi connectivity index (χ1) is 9.27. The maximum atomic E-state index is 5.95. The maximum absolute atomic E-state index is 5.95. The van der Waals surface area contributed by atoms with Crippen LogP contribution in [0.15, 0.2) is 42.7 Å². The molecule has 1 aliphatic carbocycles. The summed E-state index contributed by atoms with van der Waals surface area (Å²) in [6.45, 7) is 5.51. The zero-order valence-electron chi connectivity index (χ0n) is 11.9. The number of hydrogen-bond acceptors (Lipinski definition) is 2. The fourth-order valence-corrected chi connectivity index (χ4v) is 2.91. The molecule has 0 saturated heterocycles. The second-order valence-corrected chi connectivity index (χ2v) is 5.47. The molecule has 1 aromatic carbocycles. The SMILES string of the molecule is C=C(OCc1ccccc1)C1(COC)CCCCC1. The van der Waals surface area contributed by atoms with E-state index in [4.69, 9.17) is 9.47 Å². The Morgan fingerprint density at radius 2 is 1.84 bits per heavy atom. The summed E-state index contributed by atoms with van der Waals surface area (Å²) in [5.41, 5.74) is 1.22. The molecular formula is C17H24O2. The topological polar surface area (TPSA) is 18.5 Å². The van der Waals surface area contributed by atoms with E-state index in [0.717, 1.165) is 25.2 Å². The Bertz CT molecular complexity index is 385. The fourth-order valence-electron chi connectivity index (χ4n) is 2.91. The van der Waals surface area contributed by atoms with Gasteiger partial charge in [-0.2, -0.15) is 0 Å². The van der Waals surface area contributed by atoms with E-state index in [1.165, 1.54) is 24.8 Å². The monoisotopic (exact) mass is 260 g/mol. The highest BCUT2D eigenvalue weighted by Crippen LogP contribution is 2.42. The van der Waals surface area contributed by atoms with Crippen LogP contribution < -0.4 is 0 Å². The van der Waals surface area contributed by atoms with E-state index in [1.807, 2.05) is 18.2 Å². The molecule has 2 nitrogen and oxygen atoms in total. The summed E-state index contributed by atoms with van der Waals surface area (Å²) in [5.74, 6) is 0.901. The summed E-state index contributed by atoms with van der Waals surface area (Å²) in [6, 6.07) is 10.3. The highest BCUT2D eigenvalue weighted by atomic mass is 16.5. The van der Waals surface area contributed by atoms with Crippen molar-refractivity contribution in [1.29, 1.82) is 0 Å². The lowest BCUT2D eigenvalue weighted by Crippen LogP contribution is -2.32. The van der Waals surface area contributed by atoms with Gasteiger partial charge in [-0.15, -0.1) is 0 Å². The van der Waals surface area contributed by atoms with Crippen molar-refractivity contribution < 1.29 is 9.47 Å². The molecule has 0 aromatic heterocycles. The van der Waals surface area contributed by atoms with Crippen LogP contribution in [0, 0.1) is 5.41 Å². The average Bonchev–Trinajstić information content (AvgIpc) is 2.47. The Morgan fingerprint density at radius 3 is 2.47 bits per heavy atom. The molecule has 0 spiro atoms. The van der Waals surface area contributed by atoms with E-state index < -0.39 is 0 Å². The minimum absolute atomic E-state index is 0.0295. The summed E-state index contributed by atoms with van der Waals surface area (Å²) in [4.78, 5) is 0. The van der Waals surface area contributed by atoms with Crippen molar-refractivity contribution in [1.82, 2.24) is 0 Å². The van der Waals surface area contributed by atoms with Crippen LogP contribution in [-0.2, 0) is 16.1 Å². The summed E-state index contributed by atoms with van der Waals surface area (Å²) < 4.78 is 11.4. The molecule has 0 radical (unpaired) electrons. The van der Waals surface area contributed by atoms with Crippen molar-refractivity contribution in [2.45, 2.75) is 38.7 Å². The summed E-state index contributed by atoms with van der Waals surface area (Å²) in [5, 5.41) is 0. The van der Waals surface area contributed by atoms with Crippen LogP contribution in [0.5, 0.6) is 0 Å². The lowest BCUT2D eigenvalue weighted by molar-refractivity contribution is 0.0190. The normalized spacial score (nSPS) is 17.9. The minimum Gasteiger partial charge on any atom is -0.493 e. The smallest absolute Gasteiger partial charge is 0.113 e. The molecule has 1 fully saturated rings. The second-order valence-electron chi connectivity index (χ2n) is 5.47. The van der Waals surface area contributed by atoms with E-state index >= 15 is 0 Å². The largest absolute Gasteiger partial charge is 0.493 e. The molecule has 0 bridgehead atoms. The number of ether oxygens (including phenoxy) is 2. The zero-order chi connectivity index (χ0) is 13.6. The first-order valence-electron chi connectivity index (χ1n) is 7.12. The molecule has 19 heavy (non-hydrogen) atoms. The number of rotatable bonds is 6. The first-order valence-corrected chi connectivity index (χ1v) is 7.12. The molecule has 2 heteroatoms. The van der Waals surface area contributed by atoms with Gasteiger partial charge < -0.3 is 9.47 Å². The third-order valence-electron chi connectivity index (χ3n) is 4.08. The Hall–Kier alpha value is -1.28. The van der Waals surface area contributed by atoms with Gasteiger partial charge in [0.1, 0.15) is 6.61 Å². The molecule has 0 amide bonds. The second kappa shape index (κ2) is 6.76. The van der Waals surface area contributed by atoms with E-state index in [2.05, 4.69) is 18.7 Å². The van der Waals surface area contributed by atoms with Gasteiger partial charge in [0.2, 0.25) is 0 Å². The van der Waals surface area contributed by atoms with E-state index in [9.17, 15) is 0 Å². The lowest BCUT2D eigenvalue weighted by Gasteiger charge is -2.37. The van der Waals surface area contributed by atoms with Gasteiger partial charge in [0.15, 0.2) is 0 Å². The maximum Gasteiger partial charge on any atom is 0.113 e. The Kier molecular flexibility index (Phi) is 5.03. The van der Waals surface area contributed by atoms with Gasteiger partial charge in [-0.1, -0.05) is 56.2 Å². The van der Waals surface area contributed by atoms with Crippen molar-refractivity contribution in [3.05, 3.63) is 48.2 Å². The van der Waals surface area contributed by atoms with Crippen LogP contribution in [0.3, 0.4) is 0 Å². The predicted octanol–water partition coefficient (Wildman–Crippen LogP) is 4.31. The van der Waals surface area contributed by atoms with Crippen LogP contribution in [0.2, 0.25) is 0 Å². The van der Waals surface area contributed by atoms with Crippen molar-refractivity contribution in [2.75, 3.05) is 13.7 Å². The Morgan fingerprint density at radius 1 is 1.16 bits per heavy atom. The fraction of sp³-hybridized carbons (Fsp3) is 0.529. The molecule has 0 unspecified atom stereocenters. The predicted molar refractivity (Wildman–Crippen MR) is 77.8 cm³/mol. The van der Waals surface area contributed by atoms with Crippen molar-refractivity contribution in [2.24, 2.45) is 5.41 Å². The standard InChI is InChI=1S/C17H24O2/c1-15(19-13-16-9-5-3-6-10-16)17(14-18-2)11-7-4-8-12-17/h3,5-6,9-10H,1,4,7-8,11-14H2,2H3. The molecular weight excluding hydrogens is 236 g/mol. The first kappa shape index (κ1) is 14.1. The average molecular weight is 260 g/mol. The lowest BCUT2D eigenvalue weighted by atomic mass is 9.73. The number of hydrogen-bond donors (Lipinski definition) is 0. The van der Waals surface area contributed by atoms with E-state index in [0.29, 0.717) is 6.61 Å². The molecule has 104 valence electrons. The molecule has 0 atom stereocenters. The number of benzene rings is 1. The van der Waals surface area contributed by atoms with Crippen molar-refractivity contribution in [3.63, 3.8) is 0 Å². The van der Waals surface area contributed by atoms with Gasteiger partial charge >= 0.3 is 0 Å². The molecule has 0 aliphatic heterocycles. The Labute approximate surface area is 116 Å². The van der Waals surface area contributed by atoms with E-state index in [-0.39, 0.29) is 5.41 Å².